The number of piperazine rings is 1. The molecule has 1 saturated heterocycles. The van der Waals surface area contributed by atoms with Crippen molar-refractivity contribution in [3.8, 4) is 0 Å². The minimum Gasteiger partial charge on any atom is -0.340 e. The zero-order valence-electron chi connectivity index (χ0n) is 13.3. The van der Waals surface area contributed by atoms with Gasteiger partial charge in [0.15, 0.2) is 0 Å². The van der Waals surface area contributed by atoms with Crippen LogP contribution >= 0.6 is 24.8 Å². The fourth-order valence-corrected chi connectivity index (χ4v) is 3.54. The van der Waals surface area contributed by atoms with Crippen molar-refractivity contribution in [2.75, 3.05) is 39.3 Å². The molecule has 0 spiro atoms. The fourth-order valence-electron chi connectivity index (χ4n) is 3.54. The van der Waals surface area contributed by atoms with Crippen molar-refractivity contribution in [3.05, 3.63) is 0 Å². The number of carbonyl (C=O) groups excluding carboxylic acids is 1. The predicted molar refractivity (Wildman–Crippen MR) is 92.3 cm³/mol. The van der Waals surface area contributed by atoms with Gasteiger partial charge in [-0.15, -0.1) is 24.8 Å². The number of hydrogen-bond donors (Lipinski definition) is 1. The molecule has 0 unspecified atom stereocenters. The Labute approximate surface area is 141 Å². The molecule has 1 heterocycles. The highest BCUT2D eigenvalue weighted by atomic mass is 35.5. The zero-order chi connectivity index (χ0) is 13.9. The standard InChI is InChI=1S/C15H29N3O.2ClH/c1-13(2)11-17-7-9-18(10-8-17)14(19)15(12-16)5-3-4-6-15;;/h13H,3-12,16H2,1-2H3;2*1H. The first-order chi connectivity index (χ1) is 9.07. The molecule has 0 aromatic carbocycles. The highest BCUT2D eigenvalue weighted by molar-refractivity contribution is 5.85. The van der Waals surface area contributed by atoms with Crippen LogP contribution in [0.25, 0.3) is 0 Å². The summed E-state index contributed by atoms with van der Waals surface area (Å²) in [6.07, 6.45) is 4.32. The third kappa shape index (κ3) is 4.98. The zero-order valence-corrected chi connectivity index (χ0v) is 15.0. The lowest BCUT2D eigenvalue weighted by molar-refractivity contribution is -0.143. The first-order valence-electron chi connectivity index (χ1n) is 7.79. The minimum atomic E-state index is -0.222. The summed E-state index contributed by atoms with van der Waals surface area (Å²) < 4.78 is 0. The van der Waals surface area contributed by atoms with Crippen molar-refractivity contribution >= 4 is 30.7 Å². The summed E-state index contributed by atoms with van der Waals surface area (Å²) in [5.74, 6) is 1.03. The maximum absolute atomic E-state index is 12.7. The number of nitrogens with two attached hydrogens (primary N) is 1. The highest BCUT2D eigenvalue weighted by Crippen LogP contribution is 2.39. The van der Waals surface area contributed by atoms with E-state index in [1.807, 2.05) is 0 Å². The van der Waals surface area contributed by atoms with Crippen LogP contribution in [0.2, 0.25) is 0 Å². The van der Waals surface area contributed by atoms with Crippen molar-refractivity contribution in [1.29, 1.82) is 0 Å². The van der Waals surface area contributed by atoms with Gasteiger partial charge in [-0.3, -0.25) is 9.69 Å². The molecule has 6 heteroatoms. The molecule has 126 valence electrons. The Hall–Kier alpha value is -0.0300. The van der Waals surface area contributed by atoms with Crippen LogP contribution < -0.4 is 5.73 Å². The van der Waals surface area contributed by atoms with Gasteiger partial charge in [-0.1, -0.05) is 26.7 Å². The molecule has 1 saturated carbocycles. The summed E-state index contributed by atoms with van der Waals surface area (Å²) in [6.45, 7) is 9.97. The van der Waals surface area contributed by atoms with E-state index in [1.165, 1.54) is 0 Å². The van der Waals surface area contributed by atoms with E-state index in [-0.39, 0.29) is 30.2 Å². The Kier molecular flexibility index (Phi) is 9.17. The van der Waals surface area contributed by atoms with Crippen LogP contribution in [0.4, 0.5) is 0 Å². The Morgan fingerprint density at radius 1 is 1.10 bits per heavy atom. The molecular weight excluding hydrogens is 309 g/mol. The molecule has 0 radical (unpaired) electrons. The number of carbonyl (C=O) groups is 1. The van der Waals surface area contributed by atoms with E-state index in [0.717, 1.165) is 58.4 Å². The average Bonchev–Trinajstić information content (AvgIpc) is 2.88. The van der Waals surface area contributed by atoms with Gasteiger partial charge < -0.3 is 10.6 Å². The average molecular weight is 340 g/mol. The summed E-state index contributed by atoms with van der Waals surface area (Å²) in [7, 11) is 0. The topological polar surface area (TPSA) is 49.6 Å². The van der Waals surface area contributed by atoms with Crippen LogP contribution in [0.5, 0.6) is 0 Å². The lowest BCUT2D eigenvalue weighted by atomic mass is 9.84. The summed E-state index contributed by atoms with van der Waals surface area (Å²) in [4.78, 5) is 17.2. The molecule has 2 aliphatic rings. The van der Waals surface area contributed by atoms with Crippen LogP contribution in [0.15, 0.2) is 0 Å². The lowest BCUT2D eigenvalue weighted by Gasteiger charge is -2.39. The molecule has 4 nitrogen and oxygen atoms in total. The third-order valence-corrected chi connectivity index (χ3v) is 4.69. The fraction of sp³-hybridized carbons (Fsp3) is 0.933. The molecule has 0 bridgehead atoms. The first-order valence-corrected chi connectivity index (χ1v) is 7.79. The van der Waals surface area contributed by atoms with E-state index in [2.05, 4.69) is 23.6 Å². The molecule has 1 amide bonds. The van der Waals surface area contributed by atoms with Gasteiger partial charge in [-0.2, -0.15) is 0 Å². The van der Waals surface area contributed by atoms with Gasteiger partial charge in [-0.05, 0) is 18.8 Å². The molecule has 21 heavy (non-hydrogen) atoms. The molecule has 0 aromatic heterocycles. The Morgan fingerprint density at radius 3 is 2.05 bits per heavy atom. The van der Waals surface area contributed by atoms with E-state index in [0.29, 0.717) is 18.4 Å². The molecular formula is C15H31Cl2N3O. The van der Waals surface area contributed by atoms with Crippen LogP contribution in [0, 0.1) is 11.3 Å². The largest absolute Gasteiger partial charge is 0.340 e. The van der Waals surface area contributed by atoms with Crippen molar-refractivity contribution in [1.82, 2.24) is 9.80 Å². The van der Waals surface area contributed by atoms with Crippen molar-refractivity contribution in [3.63, 3.8) is 0 Å². The van der Waals surface area contributed by atoms with E-state index in [1.54, 1.807) is 0 Å². The Balaban J connectivity index is 0.00000200. The molecule has 1 aliphatic heterocycles. The molecule has 2 N–H and O–H groups in total. The molecule has 0 atom stereocenters. The van der Waals surface area contributed by atoms with E-state index in [9.17, 15) is 4.79 Å². The maximum Gasteiger partial charge on any atom is 0.230 e. The molecule has 2 rings (SSSR count). The van der Waals surface area contributed by atoms with E-state index in [4.69, 9.17) is 5.73 Å². The van der Waals surface area contributed by atoms with Gasteiger partial charge in [0, 0.05) is 39.3 Å². The second-order valence-electron chi connectivity index (χ2n) is 6.68. The van der Waals surface area contributed by atoms with Gasteiger partial charge >= 0.3 is 0 Å². The summed E-state index contributed by atoms with van der Waals surface area (Å²) in [5, 5.41) is 0. The lowest BCUT2D eigenvalue weighted by Crippen LogP contribution is -2.54. The number of rotatable bonds is 4. The van der Waals surface area contributed by atoms with Crippen LogP contribution in [0.1, 0.15) is 39.5 Å². The van der Waals surface area contributed by atoms with Crippen molar-refractivity contribution < 1.29 is 4.79 Å². The van der Waals surface area contributed by atoms with Crippen molar-refractivity contribution in [2.45, 2.75) is 39.5 Å². The van der Waals surface area contributed by atoms with Gasteiger partial charge in [-0.25, -0.2) is 0 Å². The number of amides is 1. The third-order valence-electron chi connectivity index (χ3n) is 4.69. The molecule has 0 aromatic rings. The normalized spacial score (nSPS) is 21.8. The highest BCUT2D eigenvalue weighted by Gasteiger charge is 2.42. The number of halogens is 2. The van der Waals surface area contributed by atoms with Gasteiger partial charge in [0.05, 0.1) is 5.41 Å². The summed E-state index contributed by atoms with van der Waals surface area (Å²) >= 11 is 0. The van der Waals surface area contributed by atoms with Crippen LogP contribution in [-0.4, -0.2) is 55.0 Å². The van der Waals surface area contributed by atoms with E-state index >= 15 is 0 Å². The Morgan fingerprint density at radius 2 is 1.62 bits per heavy atom. The van der Waals surface area contributed by atoms with Crippen LogP contribution in [0.3, 0.4) is 0 Å². The van der Waals surface area contributed by atoms with Gasteiger partial charge in [0.25, 0.3) is 0 Å². The second kappa shape index (κ2) is 9.19. The molecule has 1 aliphatic carbocycles. The van der Waals surface area contributed by atoms with Gasteiger partial charge in [0.1, 0.15) is 0 Å². The maximum atomic E-state index is 12.7. The smallest absolute Gasteiger partial charge is 0.230 e. The number of hydrogen-bond acceptors (Lipinski definition) is 3. The number of nitrogens with zero attached hydrogens (tertiary/aromatic N) is 2. The predicted octanol–water partition coefficient (Wildman–Crippen LogP) is 2.15. The minimum absolute atomic E-state index is 0. The van der Waals surface area contributed by atoms with Crippen molar-refractivity contribution in [2.24, 2.45) is 17.1 Å². The Bertz CT molecular complexity index is 312. The first kappa shape index (κ1) is 21.0. The SMILES string of the molecule is CC(C)CN1CCN(C(=O)C2(CN)CCCC2)CC1.Cl.Cl. The molecule has 2 fully saturated rings. The van der Waals surface area contributed by atoms with E-state index < -0.39 is 0 Å². The summed E-state index contributed by atoms with van der Waals surface area (Å²) in [5.41, 5.74) is 5.69. The summed E-state index contributed by atoms with van der Waals surface area (Å²) in [6, 6.07) is 0. The quantitative estimate of drug-likeness (QED) is 0.853. The van der Waals surface area contributed by atoms with Gasteiger partial charge in [0.2, 0.25) is 5.91 Å². The van der Waals surface area contributed by atoms with Crippen LogP contribution in [-0.2, 0) is 4.79 Å². The second-order valence-corrected chi connectivity index (χ2v) is 6.68. The monoisotopic (exact) mass is 339 g/mol.